The maximum atomic E-state index is 8.90. The highest BCUT2D eigenvalue weighted by Gasteiger charge is 2.06. The average Bonchev–Trinajstić information content (AvgIpc) is 2.36. The Bertz CT molecular complexity index is 362. The van der Waals surface area contributed by atoms with Crippen molar-refractivity contribution in [3.63, 3.8) is 0 Å². The molecule has 6 heteroatoms. The van der Waals surface area contributed by atoms with E-state index in [1.807, 2.05) is 19.2 Å². The van der Waals surface area contributed by atoms with Crippen molar-refractivity contribution in [2.24, 2.45) is 0 Å². The highest BCUT2D eigenvalue weighted by Crippen LogP contribution is 2.18. The summed E-state index contributed by atoms with van der Waals surface area (Å²) in [6.45, 7) is 5.22. The van der Waals surface area contributed by atoms with Crippen LogP contribution in [0.15, 0.2) is 11.2 Å². The summed E-state index contributed by atoms with van der Waals surface area (Å²) < 4.78 is 0. The van der Waals surface area contributed by atoms with Gasteiger partial charge < -0.3 is 15.7 Å². The quantitative estimate of drug-likeness (QED) is 0.497. The van der Waals surface area contributed by atoms with Crippen molar-refractivity contribution in [3.05, 3.63) is 6.07 Å². The fourth-order valence-electron chi connectivity index (χ4n) is 1.45. The molecule has 1 atom stereocenters. The van der Waals surface area contributed by atoms with Gasteiger partial charge in [0.1, 0.15) is 11.6 Å². The van der Waals surface area contributed by atoms with Crippen molar-refractivity contribution in [2.45, 2.75) is 37.9 Å². The predicted octanol–water partition coefficient (Wildman–Crippen LogP) is 2.20. The van der Waals surface area contributed by atoms with Gasteiger partial charge in [0.25, 0.3) is 0 Å². The Balaban J connectivity index is 2.76. The van der Waals surface area contributed by atoms with Gasteiger partial charge in [-0.3, -0.25) is 0 Å². The largest absolute Gasteiger partial charge is 0.396 e. The zero-order valence-corrected chi connectivity index (χ0v) is 12.0. The lowest BCUT2D eigenvalue weighted by molar-refractivity contribution is 0.282. The van der Waals surface area contributed by atoms with E-state index in [4.69, 9.17) is 5.11 Å². The van der Waals surface area contributed by atoms with E-state index in [0.717, 1.165) is 29.8 Å². The van der Waals surface area contributed by atoms with Crippen LogP contribution in [0.25, 0.3) is 0 Å². The summed E-state index contributed by atoms with van der Waals surface area (Å²) in [4.78, 5) is 8.80. The van der Waals surface area contributed by atoms with Crippen LogP contribution in [0.3, 0.4) is 0 Å². The summed E-state index contributed by atoms with van der Waals surface area (Å²) >= 11 is 1.52. The number of hydrogen-bond acceptors (Lipinski definition) is 6. The second kappa shape index (κ2) is 8.16. The van der Waals surface area contributed by atoms with E-state index in [9.17, 15) is 0 Å². The molecule has 5 nitrogen and oxygen atoms in total. The third-order valence-corrected chi connectivity index (χ3v) is 2.95. The number of anilines is 2. The summed E-state index contributed by atoms with van der Waals surface area (Å²) in [6.07, 6.45) is 3.72. The number of aliphatic hydroxyl groups excluding tert-OH is 1. The summed E-state index contributed by atoms with van der Waals surface area (Å²) in [5.74, 6) is 1.64. The van der Waals surface area contributed by atoms with E-state index in [2.05, 4.69) is 27.5 Å². The van der Waals surface area contributed by atoms with Crippen LogP contribution in [0.5, 0.6) is 0 Å². The van der Waals surface area contributed by atoms with Gasteiger partial charge in [-0.05, 0) is 26.0 Å². The van der Waals surface area contributed by atoms with Gasteiger partial charge >= 0.3 is 0 Å². The molecule has 0 spiro atoms. The molecule has 0 aliphatic heterocycles. The van der Waals surface area contributed by atoms with Crippen molar-refractivity contribution in [2.75, 3.05) is 30.0 Å². The fraction of sp³-hybridized carbons (Fsp3) is 0.667. The van der Waals surface area contributed by atoms with Gasteiger partial charge in [0.2, 0.25) is 0 Å². The Kier molecular flexibility index (Phi) is 6.82. The fourth-order valence-corrected chi connectivity index (χ4v) is 1.83. The van der Waals surface area contributed by atoms with Crippen LogP contribution < -0.4 is 10.6 Å². The summed E-state index contributed by atoms with van der Waals surface area (Å²) in [5, 5.41) is 16.2. The van der Waals surface area contributed by atoms with E-state index in [1.165, 1.54) is 11.8 Å². The lowest BCUT2D eigenvalue weighted by Gasteiger charge is -2.14. The normalized spacial score (nSPS) is 12.2. The number of aliphatic hydroxyl groups is 1. The molecule has 0 fully saturated rings. The second-order valence-electron chi connectivity index (χ2n) is 4.11. The van der Waals surface area contributed by atoms with Crippen LogP contribution in [0.2, 0.25) is 0 Å². The molecule has 0 saturated carbocycles. The van der Waals surface area contributed by atoms with Gasteiger partial charge in [-0.15, -0.1) is 0 Å². The van der Waals surface area contributed by atoms with Crippen molar-refractivity contribution in [1.29, 1.82) is 0 Å². The monoisotopic (exact) mass is 270 g/mol. The van der Waals surface area contributed by atoms with Gasteiger partial charge in [0.15, 0.2) is 5.16 Å². The molecule has 3 N–H and O–H groups in total. The third-order valence-electron chi connectivity index (χ3n) is 2.40. The van der Waals surface area contributed by atoms with E-state index >= 15 is 0 Å². The van der Waals surface area contributed by atoms with Crippen molar-refractivity contribution >= 4 is 23.4 Å². The molecular weight excluding hydrogens is 248 g/mol. The molecule has 0 aliphatic carbocycles. The SMILES string of the molecule is CCCNc1cc(NC(C)CCO)nc(SC)n1. The third kappa shape index (κ3) is 5.10. The van der Waals surface area contributed by atoms with E-state index in [1.54, 1.807) is 0 Å². The van der Waals surface area contributed by atoms with Crippen LogP contribution in [0, 0.1) is 0 Å². The highest BCUT2D eigenvalue weighted by atomic mass is 32.2. The Morgan fingerprint density at radius 1 is 1.39 bits per heavy atom. The molecule has 1 heterocycles. The number of aromatic nitrogens is 2. The lowest BCUT2D eigenvalue weighted by atomic mass is 10.2. The van der Waals surface area contributed by atoms with E-state index in [-0.39, 0.29) is 12.6 Å². The average molecular weight is 270 g/mol. The van der Waals surface area contributed by atoms with Crippen LogP contribution >= 0.6 is 11.8 Å². The molecule has 18 heavy (non-hydrogen) atoms. The molecule has 1 aromatic heterocycles. The van der Waals surface area contributed by atoms with Crippen molar-refractivity contribution in [3.8, 4) is 0 Å². The molecule has 0 amide bonds. The number of rotatable bonds is 8. The topological polar surface area (TPSA) is 70.1 Å². The summed E-state index contributed by atoms with van der Waals surface area (Å²) in [5.41, 5.74) is 0. The first-order valence-corrected chi connectivity index (χ1v) is 7.46. The Morgan fingerprint density at radius 3 is 2.72 bits per heavy atom. The number of hydrogen-bond donors (Lipinski definition) is 3. The molecule has 0 bridgehead atoms. The first-order chi connectivity index (χ1) is 8.69. The molecular formula is C12H22N4OS. The molecule has 0 aliphatic rings. The maximum absolute atomic E-state index is 8.90. The van der Waals surface area contributed by atoms with E-state index in [0.29, 0.717) is 6.42 Å². The van der Waals surface area contributed by atoms with Crippen molar-refractivity contribution < 1.29 is 5.11 Å². The second-order valence-corrected chi connectivity index (χ2v) is 4.88. The number of nitrogens with one attached hydrogen (secondary N) is 2. The summed E-state index contributed by atoms with van der Waals surface area (Å²) in [7, 11) is 0. The molecule has 0 saturated heterocycles. The minimum atomic E-state index is 0.176. The van der Waals surface area contributed by atoms with Gasteiger partial charge in [-0.2, -0.15) is 0 Å². The molecule has 1 rings (SSSR count). The van der Waals surface area contributed by atoms with Crippen LogP contribution in [0.4, 0.5) is 11.6 Å². The lowest BCUT2D eigenvalue weighted by Crippen LogP contribution is -2.18. The Morgan fingerprint density at radius 2 is 2.11 bits per heavy atom. The van der Waals surface area contributed by atoms with Crippen LogP contribution in [-0.2, 0) is 0 Å². The standard InChI is InChI=1S/C12H22N4OS/c1-4-6-13-10-8-11(14-9(2)5-7-17)16-12(15-10)18-3/h8-9,17H,4-7H2,1-3H3,(H2,13,14,15,16). The molecule has 102 valence electrons. The van der Waals surface area contributed by atoms with Gasteiger partial charge in [-0.1, -0.05) is 18.7 Å². The molecule has 1 aromatic rings. The Hall–Kier alpha value is -1.01. The number of nitrogens with zero attached hydrogens (tertiary/aromatic N) is 2. The minimum absolute atomic E-state index is 0.176. The van der Waals surface area contributed by atoms with Gasteiger partial charge in [0, 0.05) is 25.3 Å². The first-order valence-electron chi connectivity index (χ1n) is 6.24. The Labute approximate surface area is 113 Å². The summed E-state index contributed by atoms with van der Waals surface area (Å²) in [6, 6.07) is 2.10. The van der Waals surface area contributed by atoms with Crippen molar-refractivity contribution in [1.82, 2.24) is 9.97 Å². The minimum Gasteiger partial charge on any atom is -0.396 e. The maximum Gasteiger partial charge on any atom is 0.191 e. The zero-order chi connectivity index (χ0) is 13.4. The molecule has 0 aromatic carbocycles. The highest BCUT2D eigenvalue weighted by molar-refractivity contribution is 7.98. The van der Waals surface area contributed by atoms with Gasteiger partial charge in [-0.25, -0.2) is 9.97 Å². The zero-order valence-electron chi connectivity index (χ0n) is 11.2. The van der Waals surface area contributed by atoms with Crippen LogP contribution in [0.1, 0.15) is 26.7 Å². The van der Waals surface area contributed by atoms with Crippen LogP contribution in [-0.4, -0.2) is 40.5 Å². The smallest absolute Gasteiger partial charge is 0.191 e. The number of thioether (sulfide) groups is 1. The first kappa shape index (κ1) is 15.0. The van der Waals surface area contributed by atoms with Gasteiger partial charge in [0.05, 0.1) is 0 Å². The molecule has 1 unspecified atom stereocenters. The molecule has 0 radical (unpaired) electrons. The predicted molar refractivity (Wildman–Crippen MR) is 77.4 cm³/mol. The van der Waals surface area contributed by atoms with E-state index < -0.39 is 0 Å².